The summed E-state index contributed by atoms with van der Waals surface area (Å²) >= 11 is 0. The Labute approximate surface area is 178 Å². The van der Waals surface area contributed by atoms with Crippen molar-refractivity contribution in [1.82, 2.24) is 15.3 Å². The maximum Gasteiger partial charge on any atom is 0.418 e. The van der Waals surface area contributed by atoms with Gasteiger partial charge in [-0.3, -0.25) is 14.8 Å². The number of aromatic nitrogens is 2. The van der Waals surface area contributed by atoms with Crippen molar-refractivity contribution in [2.24, 2.45) is 0 Å². The minimum absolute atomic E-state index is 0.0292. The van der Waals surface area contributed by atoms with Gasteiger partial charge < -0.3 is 10.1 Å². The molecule has 0 bridgehead atoms. The number of benzene rings is 1. The average molecular weight is 455 g/mol. The number of carbonyl (C=O) groups excluding carboxylic acids is 1. The summed E-state index contributed by atoms with van der Waals surface area (Å²) in [6.07, 6.45) is -7.09. The van der Waals surface area contributed by atoms with Gasteiger partial charge in [0.1, 0.15) is 11.4 Å². The van der Waals surface area contributed by atoms with Gasteiger partial charge in [0.2, 0.25) is 0 Å². The van der Waals surface area contributed by atoms with Gasteiger partial charge in [0.25, 0.3) is 5.91 Å². The number of nitrogens with one attached hydrogen (secondary N) is 1. The summed E-state index contributed by atoms with van der Waals surface area (Å²) in [6.45, 7) is 0. The summed E-state index contributed by atoms with van der Waals surface area (Å²) in [5, 5.41) is 2.39. The van der Waals surface area contributed by atoms with Crippen LogP contribution in [0.3, 0.4) is 0 Å². The standard InChI is InChI=1S/C21H15F6N3O2/c1-32-14-8-10-28-16(11-14)19(31)30-17(12-4-6-13(7-5-12)20(22,23)24)18-15(21(25,26)27)3-2-9-29-18/h2-11,17H,1H3,(H,30,31). The van der Waals surface area contributed by atoms with Crippen molar-refractivity contribution in [3.05, 3.63) is 89.0 Å². The quantitative estimate of drug-likeness (QED) is 0.548. The summed E-state index contributed by atoms with van der Waals surface area (Å²) in [6, 6.07) is 6.48. The lowest BCUT2D eigenvalue weighted by Gasteiger charge is -2.22. The van der Waals surface area contributed by atoms with Crippen LogP contribution in [0, 0.1) is 0 Å². The lowest BCUT2D eigenvalue weighted by Crippen LogP contribution is -2.32. The Hall–Kier alpha value is -3.63. The van der Waals surface area contributed by atoms with Crippen LogP contribution in [-0.2, 0) is 12.4 Å². The summed E-state index contributed by atoms with van der Waals surface area (Å²) in [4.78, 5) is 20.4. The molecule has 2 heterocycles. The zero-order chi connectivity index (χ0) is 23.5. The van der Waals surface area contributed by atoms with Gasteiger partial charge in [-0.2, -0.15) is 26.3 Å². The third-order valence-electron chi connectivity index (χ3n) is 4.46. The minimum atomic E-state index is -4.81. The highest BCUT2D eigenvalue weighted by molar-refractivity contribution is 5.93. The van der Waals surface area contributed by atoms with E-state index in [0.29, 0.717) is 12.1 Å². The van der Waals surface area contributed by atoms with E-state index in [-0.39, 0.29) is 17.0 Å². The van der Waals surface area contributed by atoms with Crippen LogP contribution in [-0.4, -0.2) is 23.0 Å². The number of amides is 1. The fraction of sp³-hybridized carbons (Fsp3) is 0.190. The van der Waals surface area contributed by atoms with Gasteiger partial charge in [0.15, 0.2) is 0 Å². The summed E-state index contributed by atoms with van der Waals surface area (Å²) in [5.74, 6) is -0.586. The van der Waals surface area contributed by atoms with Gasteiger partial charge >= 0.3 is 12.4 Å². The van der Waals surface area contributed by atoms with Gasteiger partial charge in [-0.25, -0.2) is 0 Å². The lowest BCUT2D eigenvalue weighted by atomic mass is 9.97. The van der Waals surface area contributed by atoms with Crippen molar-refractivity contribution in [3.63, 3.8) is 0 Å². The Balaban J connectivity index is 2.07. The van der Waals surface area contributed by atoms with Gasteiger partial charge in [-0.15, -0.1) is 0 Å². The van der Waals surface area contributed by atoms with Crippen LogP contribution >= 0.6 is 0 Å². The molecule has 1 N–H and O–H groups in total. The number of rotatable bonds is 5. The van der Waals surface area contributed by atoms with E-state index in [9.17, 15) is 31.1 Å². The van der Waals surface area contributed by atoms with Crippen LogP contribution in [0.2, 0.25) is 0 Å². The molecule has 2 aromatic heterocycles. The SMILES string of the molecule is COc1ccnc(C(=O)NC(c2ccc(C(F)(F)F)cc2)c2ncccc2C(F)(F)F)c1. The van der Waals surface area contributed by atoms with Crippen molar-refractivity contribution >= 4 is 5.91 Å². The molecule has 0 radical (unpaired) electrons. The predicted octanol–water partition coefficient (Wildman–Crippen LogP) is 5.04. The monoisotopic (exact) mass is 455 g/mol. The average Bonchev–Trinajstić information content (AvgIpc) is 2.76. The van der Waals surface area contributed by atoms with Crippen molar-refractivity contribution in [1.29, 1.82) is 0 Å². The maximum absolute atomic E-state index is 13.6. The molecule has 0 saturated heterocycles. The Kier molecular flexibility index (Phi) is 6.37. The first kappa shape index (κ1) is 23.0. The van der Waals surface area contributed by atoms with Gasteiger partial charge in [-0.1, -0.05) is 12.1 Å². The van der Waals surface area contributed by atoms with E-state index in [0.717, 1.165) is 30.5 Å². The molecule has 1 amide bonds. The molecule has 0 aliphatic rings. The van der Waals surface area contributed by atoms with Crippen molar-refractivity contribution in [3.8, 4) is 5.75 Å². The number of methoxy groups -OCH3 is 1. The molecule has 5 nitrogen and oxygen atoms in total. The largest absolute Gasteiger partial charge is 0.497 e. The fourth-order valence-corrected chi connectivity index (χ4v) is 2.93. The number of pyridine rings is 2. The summed E-state index contributed by atoms with van der Waals surface area (Å²) in [5.41, 5.74) is -2.89. The first-order valence-electron chi connectivity index (χ1n) is 9.01. The molecule has 1 unspecified atom stereocenters. The lowest BCUT2D eigenvalue weighted by molar-refractivity contribution is -0.139. The van der Waals surface area contributed by atoms with Gasteiger partial charge in [-0.05, 0) is 35.9 Å². The molecule has 3 aromatic rings. The predicted molar refractivity (Wildman–Crippen MR) is 101 cm³/mol. The molecule has 32 heavy (non-hydrogen) atoms. The normalized spacial score (nSPS) is 12.8. The highest BCUT2D eigenvalue weighted by atomic mass is 19.4. The molecular formula is C21H15F6N3O2. The summed E-state index contributed by atoms with van der Waals surface area (Å²) < 4.78 is 84.5. The zero-order valence-corrected chi connectivity index (χ0v) is 16.3. The summed E-state index contributed by atoms with van der Waals surface area (Å²) in [7, 11) is 1.35. The zero-order valence-electron chi connectivity index (χ0n) is 16.3. The molecule has 3 rings (SSSR count). The van der Waals surface area contributed by atoms with Crippen LogP contribution in [0.1, 0.15) is 38.9 Å². The number of carbonyl (C=O) groups is 1. The second kappa shape index (κ2) is 8.85. The number of alkyl halides is 6. The van der Waals surface area contributed by atoms with E-state index >= 15 is 0 Å². The molecule has 11 heteroatoms. The Morgan fingerprint density at radius 2 is 1.62 bits per heavy atom. The maximum atomic E-state index is 13.6. The minimum Gasteiger partial charge on any atom is -0.497 e. The van der Waals surface area contributed by atoms with Crippen LogP contribution in [0.5, 0.6) is 5.75 Å². The van der Waals surface area contributed by atoms with Crippen molar-refractivity contribution in [2.75, 3.05) is 7.11 Å². The number of hydrogen-bond acceptors (Lipinski definition) is 4. The van der Waals surface area contributed by atoms with Crippen LogP contribution in [0.15, 0.2) is 60.9 Å². The van der Waals surface area contributed by atoms with E-state index in [4.69, 9.17) is 4.74 Å². The van der Waals surface area contributed by atoms with Crippen molar-refractivity contribution < 1.29 is 35.9 Å². The smallest absolute Gasteiger partial charge is 0.418 e. The number of halogens is 6. The molecule has 1 atom stereocenters. The van der Waals surface area contributed by atoms with Gasteiger partial charge in [0.05, 0.1) is 30.0 Å². The Bertz CT molecular complexity index is 1100. The second-order valence-corrected chi connectivity index (χ2v) is 6.54. The molecule has 0 spiro atoms. The molecule has 0 aliphatic heterocycles. The first-order chi connectivity index (χ1) is 15.0. The Morgan fingerprint density at radius 3 is 2.22 bits per heavy atom. The van der Waals surface area contributed by atoms with Crippen molar-refractivity contribution in [2.45, 2.75) is 18.4 Å². The van der Waals surface area contributed by atoms with E-state index < -0.39 is 41.1 Å². The number of ether oxygens (including phenoxy) is 1. The first-order valence-corrected chi connectivity index (χ1v) is 9.01. The third kappa shape index (κ3) is 5.16. The number of nitrogens with zero attached hydrogens (tertiary/aromatic N) is 2. The molecular weight excluding hydrogens is 440 g/mol. The van der Waals surface area contributed by atoms with E-state index in [1.807, 2.05) is 0 Å². The fourth-order valence-electron chi connectivity index (χ4n) is 2.93. The van der Waals surface area contributed by atoms with E-state index in [1.54, 1.807) is 0 Å². The molecule has 168 valence electrons. The highest BCUT2D eigenvalue weighted by Crippen LogP contribution is 2.36. The second-order valence-electron chi connectivity index (χ2n) is 6.54. The van der Waals surface area contributed by atoms with Crippen LogP contribution in [0.4, 0.5) is 26.3 Å². The molecule has 0 saturated carbocycles. The number of hydrogen-bond donors (Lipinski definition) is 1. The third-order valence-corrected chi connectivity index (χ3v) is 4.46. The van der Waals surface area contributed by atoms with E-state index in [1.165, 1.54) is 25.4 Å². The van der Waals surface area contributed by atoms with Crippen LogP contribution < -0.4 is 10.1 Å². The molecule has 1 aromatic carbocycles. The van der Waals surface area contributed by atoms with E-state index in [2.05, 4.69) is 15.3 Å². The van der Waals surface area contributed by atoms with Gasteiger partial charge in [0, 0.05) is 18.5 Å². The Morgan fingerprint density at radius 1 is 0.938 bits per heavy atom. The highest BCUT2D eigenvalue weighted by Gasteiger charge is 2.37. The topological polar surface area (TPSA) is 64.1 Å². The molecule has 0 aliphatic carbocycles. The van der Waals surface area contributed by atoms with Crippen LogP contribution in [0.25, 0.3) is 0 Å². The molecule has 0 fully saturated rings.